The minimum absolute atomic E-state index is 0.0960. The van der Waals surface area contributed by atoms with Gasteiger partial charge in [0.25, 0.3) is 0 Å². The summed E-state index contributed by atoms with van der Waals surface area (Å²) in [6.07, 6.45) is 7.98. The fraction of sp³-hybridized carbons (Fsp3) is 0.786. The van der Waals surface area contributed by atoms with Gasteiger partial charge in [0.1, 0.15) is 6.04 Å². The van der Waals surface area contributed by atoms with E-state index < -0.39 is 0 Å². The molecule has 1 unspecified atom stereocenters. The highest BCUT2D eigenvalue weighted by molar-refractivity contribution is 5.82. The minimum atomic E-state index is 0.0960. The number of fused-ring (bicyclic) bond motifs is 1. The number of piperazine rings is 2. The van der Waals surface area contributed by atoms with Crippen LogP contribution in [0.3, 0.4) is 0 Å². The Morgan fingerprint density at radius 1 is 1.33 bits per heavy atom. The molecule has 0 saturated carbocycles. The van der Waals surface area contributed by atoms with E-state index in [1.165, 1.54) is 6.42 Å². The van der Waals surface area contributed by atoms with E-state index >= 15 is 0 Å². The van der Waals surface area contributed by atoms with Crippen LogP contribution in [-0.4, -0.2) is 61.0 Å². The van der Waals surface area contributed by atoms with Gasteiger partial charge in [-0.1, -0.05) is 19.1 Å². The number of allylic oxidation sites excluding steroid dienone is 2. The van der Waals surface area contributed by atoms with Crippen LogP contribution in [0.25, 0.3) is 0 Å². The first-order chi connectivity index (χ1) is 8.81. The molecule has 0 aromatic heterocycles. The number of rotatable bonds is 5. The van der Waals surface area contributed by atoms with Gasteiger partial charge in [0.05, 0.1) is 0 Å². The molecule has 2 saturated heterocycles. The summed E-state index contributed by atoms with van der Waals surface area (Å²) in [6, 6.07) is 0.0960. The van der Waals surface area contributed by atoms with Crippen molar-refractivity contribution in [3.63, 3.8) is 0 Å². The molecule has 1 atom stereocenters. The summed E-state index contributed by atoms with van der Waals surface area (Å²) in [5.74, 6) is 0.219. The average molecular weight is 251 g/mol. The van der Waals surface area contributed by atoms with Crippen molar-refractivity contribution in [2.75, 3.05) is 39.3 Å². The SMILES string of the molecule is CC/C=C\CCCN1CCN2CCNC(=O)C2C1. The van der Waals surface area contributed by atoms with Gasteiger partial charge in [-0.15, -0.1) is 0 Å². The first-order valence-electron chi connectivity index (χ1n) is 7.20. The number of carbonyl (C=O) groups excluding carboxylic acids is 1. The van der Waals surface area contributed by atoms with Crippen LogP contribution >= 0.6 is 0 Å². The zero-order chi connectivity index (χ0) is 12.8. The molecule has 2 heterocycles. The lowest BCUT2D eigenvalue weighted by atomic mass is 10.1. The van der Waals surface area contributed by atoms with E-state index in [1.54, 1.807) is 0 Å². The lowest BCUT2D eigenvalue weighted by molar-refractivity contribution is -0.131. The van der Waals surface area contributed by atoms with Gasteiger partial charge < -0.3 is 5.32 Å². The number of unbranched alkanes of at least 4 members (excludes halogenated alkanes) is 1. The fourth-order valence-corrected chi connectivity index (χ4v) is 2.75. The quantitative estimate of drug-likeness (QED) is 0.581. The van der Waals surface area contributed by atoms with Gasteiger partial charge in [0.15, 0.2) is 0 Å². The van der Waals surface area contributed by atoms with Gasteiger partial charge in [0.2, 0.25) is 5.91 Å². The first-order valence-corrected chi connectivity index (χ1v) is 7.20. The molecule has 4 nitrogen and oxygen atoms in total. The number of nitrogens with zero attached hydrogens (tertiary/aromatic N) is 2. The molecule has 2 fully saturated rings. The van der Waals surface area contributed by atoms with Crippen LogP contribution in [0.5, 0.6) is 0 Å². The lowest BCUT2D eigenvalue weighted by Crippen LogP contribution is -2.63. The molecule has 2 rings (SSSR count). The number of amides is 1. The van der Waals surface area contributed by atoms with Crippen molar-refractivity contribution in [2.24, 2.45) is 0 Å². The maximum Gasteiger partial charge on any atom is 0.238 e. The molecule has 0 bridgehead atoms. The molecule has 0 aliphatic carbocycles. The predicted molar refractivity (Wildman–Crippen MR) is 73.5 cm³/mol. The molecule has 0 aromatic carbocycles. The number of hydrogen-bond donors (Lipinski definition) is 1. The Morgan fingerprint density at radius 3 is 3.06 bits per heavy atom. The number of hydrogen-bond acceptors (Lipinski definition) is 3. The van der Waals surface area contributed by atoms with Gasteiger partial charge in [-0.2, -0.15) is 0 Å². The van der Waals surface area contributed by atoms with E-state index in [2.05, 4.69) is 34.2 Å². The smallest absolute Gasteiger partial charge is 0.238 e. The van der Waals surface area contributed by atoms with Gasteiger partial charge in [-0.3, -0.25) is 14.6 Å². The standard InChI is InChI=1S/C14H25N3O/c1-2-3-4-5-6-8-16-10-11-17-9-7-15-14(18)13(17)12-16/h3-4,13H,2,5-12H2,1H3,(H,15,18)/b4-3-. The van der Waals surface area contributed by atoms with Gasteiger partial charge in [0, 0.05) is 32.7 Å². The van der Waals surface area contributed by atoms with Crippen molar-refractivity contribution in [1.29, 1.82) is 0 Å². The zero-order valence-corrected chi connectivity index (χ0v) is 11.4. The zero-order valence-electron chi connectivity index (χ0n) is 11.4. The Morgan fingerprint density at radius 2 is 2.22 bits per heavy atom. The van der Waals surface area contributed by atoms with E-state index in [1.807, 2.05) is 0 Å². The second-order valence-electron chi connectivity index (χ2n) is 5.17. The molecule has 0 aromatic rings. The molecular weight excluding hydrogens is 226 g/mol. The van der Waals surface area contributed by atoms with E-state index in [0.29, 0.717) is 0 Å². The highest BCUT2D eigenvalue weighted by Gasteiger charge is 2.34. The molecular formula is C14H25N3O. The Hall–Kier alpha value is -0.870. The molecule has 0 spiro atoms. The summed E-state index contributed by atoms with van der Waals surface area (Å²) in [5.41, 5.74) is 0. The third-order valence-corrected chi connectivity index (χ3v) is 3.82. The molecule has 18 heavy (non-hydrogen) atoms. The van der Waals surface area contributed by atoms with Gasteiger partial charge >= 0.3 is 0 Å². The Labute approximate surface area is 110 Å². The third kappa shape index (κ3) is 3.56. The summed E-state index contributed by atoms with van der Waals surface area (Å²) in [4.78, 5) is 16.6. The number of nitrogens with one attached hydrogen (secondary N) is 1. The van der Waals surface area contributed by atoms with Crippen LogP contribution in [0.1, 0.15) is 26.2 Å². The summed E-state index contributed by atoms with van der Waals surface area (Å²) in [6.45, 7) is 8.18. The largest absolute Gasteiger partial charge is 0.353 e. The van der Waals surface area contributed by atoms with Crippen molar-refractivity contribution in [3.05, 3.63) is 12.2 Å². The fourth-order valence-electron chi connectivity index (χ4n) is 2.75. The molecule has 2 aliphatic heterocycles. The summed E-state index contributed by atoms with van der Waals surface area (Å²) >= 11 is 0. The van der Waals surface area contributed by atoms with Crippen LogP contribution < -0.4 is 5.32 Å². The van der Waals surface area contributed by atoms with Crippen molar-refractivity contribution in [2.45, 2.75) is 32.2 Å². The van der Waals surface area contributed by atoms with Crippen LogP contribution in [0, 0.1) is 0 Å². The maximum absolute atomic E-state index is 11.8. The second kappa shape index (κ2) is 6.90. The summed E-state index contributed by atoms with van der Waals surface area (Å²) in [5, 5.41) is 2.97. The van der Waals surface area contributed by atoms with Crippen LogP contribution in [0.15, 0.2) is 12.2 Å². The molecule has 2 aliphatic rings. The topological polar surface area (TPSA) is 35.6 Å². The third-order valence-electron chi connectivity index (χ3n) is 3.82. The molecule has 4 heteroatoms. The molecule has 1 amide bonds. The summed E-state index contributed by atoms with van der Waals surface area (Å²) in [7, 11) is 0. The highest BCUT2D eigenvalue weighted by Crippen LogP contribution is 2.13. The Bertz CT molecular complexity index is 303. The molecule has 102 valence electrons. The predicted octanol–water partition coefficient (Wildman–Crippen LogP) is 0.849. The van der Waals surface area contributed by atoms with Gasteiger partial charge in [-0.25, -0.2) is 0 Å². The minimum Gasteiger partial charge on any atom is -0.353 e. The van der Waals surface area contributed by atoms with Crippen molar-refractivity contribution < 1.29 is 4.79 Å². The molecule has 0 radical (unpaired) electrons. The normalized spacial score (nSPS) is 26.3. The Balaban J connectivity index is 1.72. The van der Waals surface area contributed by atoms with Gasteiger partial charge in [-0.05, 0) is 25.8 Å². The first kappa shape index (κ1) is 13.6. The second-order valence-corrected chi connectivity index (χ2v) is 5.17. The van der Waals surface area contributed by atoms with E-state index in [4.69, 9.17) is 0 Å². The van der Waals surface area contributed by atoms with Crippen LogP contribution in [-0.2, 0) is 4.79 Å². The molecule has 1 N–H and O–H groups in total. The van der Waals surface area contributed by atoms with E-state index in [0.717, 1.165) is 52.1 Å². The van der Waals surface area contributed by atoms with E-state index in [9.17, 15) is 4.79 Å². The van der Waals surface area contributed by atoms with Crippen molar-refractivity contribution in [1.82, 2.24) is 15.1 Å². The number of carbonyl (C=O) groups is 1. The lowest BCUT2D eigenvalue weighted by Gasteiger charge is -2.43. The van der Waals surface area contributed by atoms with Crippen LogP contribution in [0.2, 0.25) is 0 Å². The van der Waals surface area contributed by atoms with E-state index in [-0.39, 0.29) is 11.9 Å². The average Bonchev–Trinajstić information content (AvgIpc) is 2.39. The van der Waals surface area contributed by atoms with Crippen molar-refractivity contribution in [3.8, 4) is 0 Å². The highest BCUT2D eigenvalue weighted by atomic mass is 16.2. The maximum atomic E-state index is 11.8. The monoisotopic (exact) mass is 251 g/mol. The Kier molecular flexibility index (Phi) is 5.20. The van der Waals surface area contributed by atoms with Crippen LogP contribution in [0.4, 0.5) is 0 Å². The van der Waals surface area contributed by atoms with Crippen molar-refractivity contribution >= 4 is 5.91 Å². The summed E-state index contributed by atoms with van der Waals surface area (Å²) < 4.78 is 0.